The maximum Gasteiger partial charge on any atom is 0.237 e. The van der Waals surface area contributed by atoms with Crippen LogP contribution in [-0.2, 0) is 4.79 Å². The summed E-state index contributed by atoms with van der Waals surface area (Å²) in [6.07, 6.45) is 3.16. The lowest BCUT2D eigenvalue weighted by atomic mass is 9.80. The van der Waals surface area contributed by atoms with Crippen molar-refractivity contribution in [2.75, 3.05) is 6.54 Å². The van der Waals surface area contributed by atoms with Crippen LogP contribution >= 0.6 is 11.8 Å². The number of benzene rings is 1. The maximum atomic E-state index is 13.3. The Hall–Kier alpha value is -1.14. The van der Waals surface area contributed by atoms with E-state index in [1.807, 2.05) is 6.92 Å². The summed E-state index contributed by atoms with van der Waals surface area (Å²) in [7, 11) is 0. The van der Waals surface area contributed by atoms with Crippen LogP contribution < -0.4 is 11.1 Å². The van der Waals surface area contributed by atoms with Crippen molar-refractivity contribution >= 4 is 17.7 Å². The van der Waals surface area contributed by atoms with Gasteiger partial charge in [0.05, 0.1) is 5.54 Å². The number of carbonyl (C=O) groups excluding carboxylic acids is 1. The van der Waals surface area contributed by atoms with Crippen LogP contribution in [0.3, 0.4) is 0 Å². The third kappa shape index (κ3) is 3.74. The van der Waals surface area contributed by atoms with E-state index >= 15 is 0 Å². The van der Waals surface area contributed by atoms with Crippen molar-refractivity contribution in [3.05, 3.63) is 29.8 Å². The molecule has 1 amide bonds. The molecular formula is C15H20F2N2OS. The SMILES string of the molecule is CCNC1(C(N)=O)CCCC(Sc2ccc(F)c(F)c2)C1. The molecule has 0 heterocycles. The van der Waals surface area contributed by atoms with Crippen LogP contribution in [0.4, 0.5) is 8.78 Å². The van der Waals surface area contributed by atoms with Crippen LogP contribution in [0.5, 0.6) is 0 Å². The maximum absolute atomic E-state index is 13.3. The van der Waals surface area contributed by atoms with Gasteiger partial charge in [-0.3, -0.25) is 4.79 Å². The smallest absolute Gasteiger partial charge is 0.237 e. The van der Waals surface area contributed by atoms with E-state index in [0.29, 0.717) is 17.9 Å². The molecule has 0 spiro atoms. The van der Waals surface area contributed by atoms with Gasteiger partial charge >= 0.3 is 0 Å². The van der Waals surface area contributed by atoms with Gasteiger partial charge in [0.1, 0.15) is 0 Å². The Morgan fingerprint density at radius 1 is 1.48 bits per heavy atom. The number of carbonyl (C=O) groups is 1. The van der Waals surface area contributed by atoms with Gasteiger partial charge in [0.2, 0.25) is 5.91 Å². The molecule has 1 aliphatic rings. The van der Waals surface area contributed by atoms with Crippen LogP contribution in [0.2, 0.25) is 0 Å². The highest BCUT2D eigenvalue weighted by Gasteiger charge is 2.40. The molecule has 3 nitrogen and oxygen atoms in total. The Morgan fingerprint density at radius 3 is 2.86 bits per heavy atom. The summed E-state index contributed by atoms with van der Waals surface area (Å²) in [5, 5.41) is 3.37. The molecule has 3 N–H and O–H groups in total. The monoisotopic (exact) mass is 314 g/mol. The van der Waals surface area contributed by atoms with Crippen molar-refractivity contribution in [2.24, 2.45) is 5.73 Å². The first-order valence-corrected chi connectivity index (χ1v) is 8.01. The molecule has 1 fully saturated rings. The fraction of sp³-hybridized carbons (Fsp3) is 0.533. The number of primary amides is 1. The van der Waals surface area contributed by atoms with Crippen molar-refractivity contribution < 1.29 is 13.6 Å². The molecule has 1 aromatic carbocycles. The molecule has 1 aliphatic carbocycles. The average molecular weight is 314 g/mol. The molecule has 1 saturated carbocycles. The molecule has 116 valence electrons. The Balaban J connectivity index is 2.09. The van der Waals surface area contributed by atoms with Crippen molar-refractivity contribution in [3.63, 3.8) is 0 Å². The molecule has 2 unspecified atom stereocenters. The average Bonchev–Trinajstić information content (AvgIpc) is 2.43. The van der Waals surface area contributed by atoms with E-state index in [2.05, 4.69) is 5.32 Å². The highest BCUT2D eigenvalue weighted by Crippen LogP contribution is 2.38. The van der Waals surface area contributed by atoms with Gasteiger partial charge in [-0.15, -0.1) is 11.8 Å². The molecule has 0 radical (unpaired) electrons. The number of nitrogens with one attached hydrogen (secondary N) is 1. The second kappa shape index (κ2) is 6.75. The quantitative estimate of drug-likeness (QED) is 0.879. The van der Waals surface area contributed by atoms with Gasteiger partial charge in [0.15, 0.2) is 11.6 Å². The number of likely N-dealkylation sites (N-methyl/N-ethyl adjacent to an activating group) is 1. The summed E-state index contributed by atoms with van der Waals surface area (Å²) in [5.74, 6) is -2.02. The number of nitrogens with two attached hydrogens (primary N) is 1. The third-order valence-corrected chi connectivity index (χ3v) is 5.15. The molecule has 6 heteroatoms. The van der Waals surface area contributed by atoms with E-state index in [9.17, 15) is 13.6 Å². The van der Waals surface area contributed by atoms with Gasteiger partial charge in [-0.25, -0.2) is 8.78 Å². The lowest BCUT2D eigenvalue weighted by Gasteiger charge is -2.39. The summed E-state index contributed by atoms with van der Waals surface area (Å²) >= 11 is 1.48. The summed E-state index contributed by atoms with van der Waals surface area (Å²) in [6, 6.07) is 3.90. The van der Waals surface area contributed by atoms with Crippen molar-refractivity contribution in [2.45, 2.75) is 48.3 Å². The summed E-state index contributed by atoms with van der Waals surface area (Å²) in [5.41, 5.74) is 4.89. The van der Waals surface area contributed by atoms with Crippen LogP contribution in [0, 0.1) is 11.6 Å². The Bertz CT molecular complexity index is 522. The number of thioether (sulfide) groups is 1. The lowest BCUT2D eigenvalue weighted by molar-refractivity contribution is -0.125. The number of halogens is 2. The lowest BCUT2D eigenvalue weighted by Crippen LogP contribution is -2.58. The largest absolute Gasteiger partial charge is 0.368 e. The predicted molar refractivity (Wildman–Crippen MR) is 80.1 cm³/mol. The Labute approximate surface area is 127 Å². The zero-order valence-corrected chi connectivity index (χ0v) is 12.8. The third-order valence-electron chi connectivity index (χ3n) is 3.89. The van der Waals surface area contributed by atoms with Crippen LogP contribution in [-0.4, -0.2) is 23.2 Å². The minimum atomic E-state index is -0.845. The second-order valence-corrected chi connectivity index (χ2v) is 6.76. The van der Waals surface area contributed by atoms with Crippen LogP contribution in [0.25, 0.3) is 0 Å². The molecule has 0 aromatic heterocycles. The second-order valence-electron chi connectivity index (χ2n) is 5.39. The fourth-order valence-corrected chi connectivity index (χ4v) is 4.23. The van der Waals surface area contributed by atoms with Crippen LogP contribution in [0.1, 0.15) is 32.6 Å². The fourth-order valence-electron chi connectivity index (χ4n) is 2.88. The molecule has 21 heavy (non-hydrogen) atoms. The number of hydrogen-bond acceptors (Lipinski definition) is 3. The van der Waals surface area contributed by atoms with Gasteiger partial charge in [-0.1, -0.05) is 6.92 Å². The Morgan fingerprint density at radius 2 is 2.24 bits per heavy atom. The van der Waals surface area contributed by atoms with Gasteiger partial charge < -0.3 is 11.1 Å². The first-order valence-electron chi connectivity index (χ1n) is 7.13. The normalized spacial score (nSPS) is 25.8. The van der Waals surface area contributed by atoms with Gasteiger partial charge in [-0.2, -0.15) is 0 Å². The van der Waals surface area contributed by atoms with E-state index in [1.54, 1.807) is 6.07 Å². The topological polar surface area (TPSA) is 55.1 Å². The number of amides is 1. The molecule has 2 atom stereocenters. The predicted octanol–water partition coefficient (Wildman–Crippen LogP) is 2.83. The summed E-state index contributed by atoms with van der Waals surface area (Å²) in [4.78, 5) is 12.5. The zero-order valence-electron chi connectivity index (χ0n) is 12.0. The van der Waals surface area contributed by atoms with Crippen molar-refractivity contribution in [1.82, 2.24) is 5.32 Å². The molecule has 0 aliphatic heterocycles. The van der Waals surface area contributed by atoms with E-state index in [0.717, 1.165) is 25.3 Å². The first kappa shape index (κ1) is 16.2. The summed E-state index contributed by atoms with van der Waals surface area (Å²) < 4.78 is 26.2. The molecular weight excluding hydrogens is 294 g/mol. The van der Waals surface area contributed by atoms with E-state index in [1.165, 1.54) is 17.8 Å². The molecule has 0 saturated heterocycles. The summed E-state index contributed by atoms with van der Waals surface area (Å²) in [6.45, 7) is 2.61. The minimum Gasteiger partial charge on any atom is -0.368 e. The highest BCUT2D eigenvalue weighted by molar-refractivity contribution is 8.00. The van der Waals surface area contributed by atoms with E-state index in [-0.39, 0.29) is 11.2 Å². The van der Waals surface area contributed by atoms with Crippen molar-refractivity contribution in [1.29, 1.82) is 0 Å². The zero-order chi connectivity index (χ0) is 15.5. The molecule has 1 aromatic rings. The first-order chi connectivity index (χ1) is 9.97. The molecule has 0 bridgehead atoms. The molecule has 2 rings (SSSR count). The minimum absolute atomic E-state index is 0.162. The van der Waals surface area contributed by atoms with E-state index in [4.69, 9.17) is 5.73 Å². The number of hydrogen-bond donors (Lipinski definition) is 2. The van der Waals surface area contributed by atoms with Crippen molar-refractivity contribution in [3.8, 4) is 0 Å². The standard InChI is InChI=1S/C15H20F2N2OS/c1-2-19-15(14(18)20)7-3-4-11(9-15)21-10-5-6-12(16)13(17)8-10/h5-6,8,11,19H,2-4,7,9H2,1H3,(H2,18,20). The van der Waals surface area contributed by atoms with E-state index < -0.39 is 17.2 Å². The van der Waals surface area contributed by atoms with Gasteiger partial charge in [-0.05, 0) is 50.4 Å². The Kier molecular flexibility index (Phi) is 5.22. The van der Waals surface area contributed by atoms with Crippen LogP contribution in [0.15, 0.2) is 23.1 Å². The number of rotatable bonds is 5. The van der Waals surface area contributed by atoms with Gasteiger partial charge in [0, 0.05) is 10.1 Å². The van der Waals surface area contributed by atoms with Gasteiger partial charge in [0.25, 0.3) is 0 Å². The highest BCUT2D eigenvalue weighted by atomic mass is 32.2.